The average Bonchev–Trinajstić information content (AvgIpc) is 2.48. The molecule has 0 saturated carbocycles. The molecule has 2 unspecified atom stereocenters. The summed E-state index contributed by atoms with van der Waals surface area (Å²) in [6.45, 7) is 1.96. The Morgan fingerprint density at radius 2 is 2.10 bits per heavy atom. The Balaban J connectivity index is 1.90. The van der Waals surface area contributed by atoms with Crippen molar-refractivity contribution in [3.05, 3.63) is 59.3 Å². The van der Waals surface area contributed by atoms with Crippen molar-refractivity contribution in [2.45, 2.75) is 38.3 Å². The molecule has 0 saturated heterocycles. The van der Waals surface area contributed by atoms with E-state index in [1.54, 1.807) is 6.20 Å². The van der Waals surface area contributed by atoms with E-state index in [1.807, 2.05) is 19.1 Å². The number of aryl methyl sites for hydroxylation is 1. The lowest BCUT2D eigenvalue weighted by molar-refractivity contribution is 0.173. The zero-order valence-electron chi connectivity index (χ0n) is 11.8. The molecule has 3 nitrogen and oxygen atoms in total. The van der Waals surface area contributed by atoms with E-state index in [-0.39, 0.29) is 12.1 Å². The fraction of sp³-hybridized carbons (Fsp3) is 0.353. The summed E-state index contributed by atoms with van der Waals surface area (Å²) in [6.07, 6.45) is 5.18. The van der Waals surface area contributed by atoms with Crippen LogP contribution in [-0.4, -0.2) is 4.98 Å². The van der Waals surface area contributed by atoms with E-state index in [1.165, 1.54) is 11.1 Å². The summed E-state index contributed by atoms with van der Waals surface area (Å²) in [5.41, 5.74) is 9.64. The first kappa shape index (κ1) is 13.1. The minimum atomic E-state index is -0.0717. The number of nitrogens with zero attached hydrogens (tertiary/aromatic N) is 1. The highest BCUT2D eigenvalue weighted by molar-refractivity contribution is 5.34. The minimum Gasteiger partial charge on any atom is -0.469 e. The predicted octanol–water partition coefficient (Wildman–Crippen LogP) is 3.56. The highest BCUT2D eigenvalue weighted by Crippen LogP contribution is 2.34. The lowest BCUT2D eigenvalue weighted by Gasteiger charge is -2.27. The Labute approximate surface area is 119 Å². The van der Waals surface area contributed by atoms with Gasteiger partial charge >= 0.3 is 0 Å². The molecule has 3 rings (SSSR count). The van der Waals surface area contributed by atoms with Crippen molar-refractivity contribution < 1.29 is 4.74 Å². The lowest BCUT2D eigenvalue weighted by atomic mass is 9.89. The Hall–Kier alpha value is -1.87. The Morgan fingerprint density at radius 3 is 2.95 bits per heavy atom. The number of fused-ring (bicyclic) bond motifs is 1. The van der Waals surface area contributed by atoms with Gasteiger partial charge in [-0.2, -0.15) is 0 Å². The number of hydrogen-bond donors (Lipinski definition) is 1. The number of nitrogens with two attached hydrogens (primary N) is 1. The summed E-state index contributed by atoms with van der Waals surface area (Å²) in [5, 5.41) is 0. The number of benzene rings is 1. The van der Waals surface area contributed by atoms with Crippen molar-refractivity contribution in [2.24, 2.45) is 5.73 Å². The molecule has 1 aromatic carbocycles. The molecular formula is C17H20N2O. The van der Waals surface area contributed by atoms with E-state index >= 15 is 0 Å². The second-order valence-electron chi connectivity index (χ2n) is 5.38. The molecule has 0 amide bonds. The molecule has 2 atom stereocenters. The third kappa shape index (κ3) is 2.54. The van der Waals surface area contributed by atoms with E-state index in [2.05, 4.69) is 29.2 Å². The monoisotopic (exact) mass is 268 g/mol. The molecule has 1 heterocycles. The second-order valence-corrected chi connectivity index (χ2v) is 5.38. The number of pyridine rings is 1. The molecule has 104 valence electrons. The SMILES string of the molecule is CC(N)c1cccnc1OC1CCCc2ccccc21. The van der Waals surface area contributed by atoms with Crippen LogP contribution >= 0.6 is 0 Å². The van der Waals surface area contributed by atoms with Crippen LogP contribution in [0, 0.1) is 0 Å². The van der Waals surface area contributed by atoms with E-state index in [9.17, 15) is 0 Å². The van der Waals surface area contributed by atoms with Crippen molar-refractivity contribution in [1.29, 1.82) is 0 Å². The van der Waals surface area contributed by atoms with Gasteiger partial charge in [0.15, 0.2) is 0 Å². The van der Waals surface area contributed by atoms with Gasteiger partial charge in [0.25, 0.3) is 0 Å². The summed E-state index contributed by atoms with van der Waals surface area (Å²) in [6, 6.07) is 12.3. The molecule has 1 aliphatic carbocycles. The average molecular weight is 268 g/mol. The van der Waals surface area contributed by atoms with Crippen LogP contribution in [0.5, 0.6) is 5.88 Å². The molecule has 0 spiro atoms. The van der Waals surface area contributed by atoms with Crippen LogP contribution in [0.3, 0.4) is 0 Å². The van der Waals surface area contributed by atoms with E-state index in [0.717, 1.165) is 24.8 Å². The van der Waals surface area contributed by atoms with Gasteiger partial charge in [0, 0.05) is 17.8 Å². The fourth-order valence-electron chi connectivity index (χ4n) is 2.81. The van der Waals surface area contributed by atoms with Gasteiger partial charge in [0.2, 0.25) is 5.88 Å². The van der Waals surface area contributed by atoms with Gasteiger partial charge in [-0.25, -0.2) is 4.98 Å². The van der Waals surface area contributed by atoms with Gasteiger partial charge in [-0.1, -0.05) is 30.3 Å². The maximum Gasteiger partial charge on any atom is 0.218 e. The normalized spacial score (nSPS) is 19.2. The van der Waals surface area contributed by atoms with Gasteiger partial charge < -0.3 is 10.5 Å². The first-order valence-electron chi connectivity index (χ1n) is 7.20. The van der Waals surface area contributed by atoms with Crippen LogP contribution in [0.1, 0.15) is 48.6 Å². The first-order valence-corrected chi connectivity index (χ1v) is 7.20. The molecule has 0 bridgehead atoms. The summed E-state index contributed by atoms with van der Waals surface area (Å²) in [7, 11) is 0. The van der Waals surface area contributed by atoms with Crippen LogP contribution < -0.4 is 10.5 Å². The van der Waals surface area contributed by atoms with Crippen LogP contribution in [0.15, 0.2) is 42.6 Å². The largest absolute Gasteiger partial charge is 0.469 e. The lowest BCUT2D eigenvalue weighted by Crippen LogP contribution is -2.17. The standard InChI is InChI=1S/C17H20N2O/c1-12(18)14-9-5-11-19-17(14)20-16-10-4-7-13-6-2-3-8-15(13)16/h2-3,5-6,8-9,11-12,16H,4,7,10,18H2,1H3. The maximum absolute atomic E-state index is 6.18. The molecular weight excluding hydrogens is 248 g/mol. The molecule has 2 N–H and O–H groups in total. The van der Waals surface area contributed by atoms with Crippen LogP contribution in [0.2, 0.25) is 0 Å². The molecule has 1 aliphatic rings. The number of rotatable bonds is 3. The van der Waals surface area contributed by atoms with Crippen molar-refractivity contribution in [3.8, 4) is 5.88 Å². The van der Waals surface area contributed by atoms with E-state index in [4.69, 9.17) is 10.5 Å². The van der Waals surface area contributed by atoms with E-state index < -0.39 is 0 Å². The molecule has 0 fully saturated rings. The van der Waals surface area contributed by atoms with Gasteiger partial charge in [-0.15, -0.1) is 0 Å². The highest BCUT2D eigenvalue weighted by atomic mass is 16.5. The Morgan fingerprint density at radius 1 is 1.25 bits per heavy atom. The van der Waals surface area contributed by atoms with Crippen molar-refractivity contribution in [3.63, 3.8) is 0 Å². The molecule has 3 heteroatoms. The van der Waals surface area contributed by atoms with Crippen molar-refractivity contribution >= 4 is 0 Å². The summed E-state index contributed by atoms with van der Waals surface area (Å²) in [5.74, 6) is 0.671. The van der Waals surface area contributed by atoms with Crippen LogP contribution in [0.4, 0.5) is 0 Å². The highest BCUT2D eigenvalue weighted by Gasteiger charge is 2.23. The fourth-order valence-corrected chi connectivity index (χ4v) is 2.81. The molecule has 0 aliphatic heterocycles. The zero-order valence-corrected chi connectivity index (χ0v) is 11.8. The molecule has 20 heavy (non-hydrogen) atoms. The Bertz CT molecular complexity index is 595. The van der Waals surface area contributed by atoms with Crippen molar-refractivity contribution in [2.75, 3.05) is 0 Å². The Kier molecular flexibility index (Phi) is 3.70. The van der Waals surface area contributed by atoms with Gasteiger partial charge in [0.1, 0.15) is 6.10 Å². The van der Waals surface area contributed by atoms with Gasteiger partial charge in [-0.05, 0) is 43.4 Å². The topological polar surface area (TPSA) is 48.1 Å². The minimum absolute atomic E-state index is 0.0717. The number of ether oxygens (including phenoxy) is 1. The third-order valence-corrected chi connectivity index (χ3v) is 3.86. The summed E-state index contributed by atoms with van der Waals surface area (Å²) in [4.78, 5) is 4.36. The zero-order chi connectivity index (χ0) is 13.9. The number of aromatic nitrogens is 1. The number of hydrogen-bond acceptors (Lipinski definition) is 3. The molecule has 0 radical (unpaired) electrons. The maximum atomic E-state index is 6.18. The summed E-state index contributed by atoms with van der Waals surface area (Å²) >= 11 is 0. The van der Waals surface area contributed by atoms with Gasteiger partial charge in [0.05, 0.1) is 0 Å². The summed E-state index contributed by atoms with van der Waals surface area (Å²) < 4.78 is 6.18. The second kappa shape index (κ2) is 5.63. The quantitative estimate of drug-likeness (QED) is 0.926. The van der Waals surface area contributed by atoms with E-state index in [0.29, 0.717) is 5.88 Å². The van der Waals surface area contributed by atoms with Gasteiger partial charge in [-0.3, -0.25) is 0 Å². The first-order chi connectivity index (χ1) is 9.75. The van der Waals surface area contributed by atoms with Crippen molar-refractivity contribution in [1.82, 2.24) is 4.98 Å². The smallest absolute Gasteiger partial charge is 0.218 e. The third-order valence-electron chi connectivity index (χ3n) is 3.86. The van der Waals surface area contributed by atoms with Crippen LogP contribution in [-0.2, 0) is 6.42 Å². The predicted molar refractivity (Wildman–Crippen MR) is 79.6 cm³/mol. The van der Waals surface area contributed by atoms with Crippen LogP contribution in [0.25, 0.3) is 0 Å². The molecule has 1 aromatic heterocycles. The molecule has 2 aromatic rings.